The van der Waals surface area contributed by atoms with Crippen LogP contribution in [0.1, 0.15) is 28.6 Å². The van der Waals surface area contributed by atoms with E-state index in [1.54, 1.807) is 0 Å². The fraction of sp³-hybridized carbons (Fsp3) is 0.267. The van der Waals surface area contributed by atoms with Crippen LogP contribution in [0.4, 0.5) is 0 Å². The van der Waals surface area contributed by atoms with E-state index in [0.29, 0.717) is 4.88 Å². The highest BCUT2D eigenvalue weighted by Crippen LogP contribution is 2.23. The molecule has 0 spiro atoms. The molecule has 1 aromatic heterocycles. The van der Waals surface area contributed by atoms with Gasteiger partial charge in [0.1, 0.15) is 5.75 Å². The molecule has 1 heterocycles. The summed E-state index contributed by atoms with van der Waals surface area (Å²) in [5.41, 5.74) is 1.29. The van der Waals surface area contributed by atoms with Crippen LogP contribution in [0.3, 0.4) is 0 Å². The quantitative estimate of drug-likeness (QED) is 0.712. The number of hydrogen-bond acceptors (Lipinski definition) is 3. The molecule has 0 radical (unpaired) electrons. The van der Waals surface area contributed by atoms with E-state index in [2.05, 4.69) is 22.9 Å². The van der Waals surface area contributed by atoms with Gasteiger partial charge in [0.05, 0.1) is 4.88 Å². The van der Waals surface area contributed by atoms with Gasteiger partial charge in [-0.15, -0.1) is 11.3 Å². The van der Waals surface area contributed by atoms with E-state index in [1.807, 2.05) is 35.7 Å². The van der Waals surface area contributed by atoms with Gasteiger partial charge in [-0.05, 0) is 51.5 Å². The van der Waals surface area contributed by atoms with Gasteiger partial charge in [-0.1, -0.05) is 25.5 Å². The molecule has 0 atom stereocenters. The highest BCUT2D eigenvalue weighted by molar-refractivity contribution is 9.10. The van der Waals surface area contributed by atoms with Crippen molar-refractivity contribution in [2.24, 2.45) is 0 Å². The first-order valence-corrected chi connectivity index (χ1v) is 7.86. The van der Waals surface area contributed by atoms with Gasteiger partial charge in [0.25, 0.3) is 0 Å². The van der Waals surface area contributed by atoms with Crippen molar-refractivity contribution in [3.63, 3.8) is 0 Å². The minimum atomic E-state index is -0.000454. The van der Waals surface area contributed by atoms with Crippen LogP contribution in [0.2, 0.25) is 0 Å². The zero-order valence-corrected chi connectivity index (χ0v) is 13.1. The average molecular weight is 339 g/mol. The third-order valence-corrected chi connectivity index (χ3v) is 4.58. The molecule has 100 valence electrons. The van der Waals surface area contributed by atoms with E-state index >= 15 is 0 Å². The van der Waals surface area contributed by atoms with Crippen molar-refractivity contribution in [2.75, 3.05) is 6.61 Å². The molecule has 4 heteroatoms. The van der Waals surface area contributed by atoms with Crippen molar-refractivity contribution in [1.82, 2.24) is 0 Å². The van der Waals surface area contributed by atoms with E-state index in [0.717, 1.165) is 23.1 Å². The van der Waals surface area contributed by atoms with Gasteiger partial charge in [-0.25, -0.2) is 0 Å². The molecule has 19 heavy (non-hydrogen) atoms. The van der Waals surface area contributed by atoms with E-state index in [-0.39, 0.29) is 12.4 Å². The molecule has 0 N–H and O–H groups in total. The Bertz CT molecular complexity index is 546. The predicted octanol–water partition coefficient (Wildman–Crippen LogP) is 4.72. The second-order valence-corrected chi connectivity index (χ2v) is 5.97. The lowest BCUT2D eigenvalue weighted by molar-refractivity contribution is 0.0925. The van der Waals surface area contributed by atoms with Gasteiger partial charge in [0.2, 0.25) is 5.78 Å². The Hall–Kier alpha value is -1.13. The van der Waals surface area contributed by atoms with Crippen LogP contribution >= 0.6 is 27.3 Å². The van der Waals surface area contributed by atoms with Gasteiger partial charge in [-0.2, -0.15) is 0 Å². The number of benzene rings is 1. The van der Waals surface area contributed by atoms with E-state index in [1.165, 1.54) is 16.9 Å². The van der Waals surface area contributed by atoms with Crippen molar-refractivity contribution in [1.29, 1.82) is 0 Å². The molecule has 2 nitrogen and oxygen atoms in total. The Kier molecular flexibility index (Phi) is 5.16. The second-order valence-electron chi connectivity index (χ2n) is 4.20. The number of thiophene rings is 1. The first kappa shape index (κ1) is 14.3. The topological polar surface area (TPSA) is 26.3 Å². The summed E-state index contributed by atoms with van der Waals surface area (Å²) in [5.74, 6) is 0.736. The van der Waals surface area contributed by atoms with Crippen LogP contribution in [-0.2, 0) is 6.42 Å². The van der Waals surface area contributed by atoms with E-state index in [9.17, 15) is 4.79 Å². The zero-order chi connectivity index (χ0) is 13.7. The maximum Gasteiger partial charge on any atom is 0.211 e. The number of carbonyl (C=O) groups excluding carboxylic acids is 1. The fourth-order valence-electron chi connectivity index (χ4n) is 1.75. The Balaban J connectivity index is 1.92. The summed E-state index contributed by atoms with van der Waals surface area (Å²) in [7, 11) is 0. The lowest BCUT2D eigenvalue weighted by Gasteiger charge is -2.06. The summed E-state index contributed by atoms with van der Waals surface area (Å²) in [4.78, 5) is 12.6. The van der Waals surface area contributed by atoms with Crippen molar-refractivity contribution in [2.45, 2.75) is 19.8 Å². The third-order valence-electron chi connectivity index (χ3n) is 2.70. The second kappa shape index (κ2) is 6.87. The van der Waals surface area contributed by atoms with Crippen molar-refractivity contribution < 1.29 is 9.53 Å². The molecule has 2 rings (SSSR count). The van der Waals surface area contributed by atoms with Crippen LogP contribution < -0.4 is 4.74 Å². The van der Waals surface area contributed by atoms with Gasteiger partial charge < -0.3 is 4.74 Å². The Morgan fingerprint density at radius 1 is 1.26 bits per heavy atom. The molecular formula is C15H15BrO2S. The fourth-order valence-corrected chi connectivity index (χ4v) is 3.27. The smallest absolute Gasteiger partial charge is 0.211 e. The standard InChI is InChI=1S/C15H15BrO2S/c1-2-3-11-4-6-12(7-5-11)18-10-14(17)15-13(16)8-9-19-15/h4-9H,2-3,10H2,1H3. The highest BCUT2D eigenvalue weighted by Gasteiger charge is 2.12. The summed E-state index contributed by atoms with van der Waals surface area (Å²) >= 11 is 4.78. The van der Waals surface area contributed by atoms with Gasteiger partial charge >= 0.3 is 0 Å². The number of ketones is 1. The van der Waals surface area contributed by atoms with Crippen LogP contribution in [0.5, 0.6) is 5.75 Å². The summed E-state index contributed by atoms with van der Waals surface area (Å²) in [6, 6.07) is 9.80. The molecule has 0 aliphatic carbocycles. The molecular weight excluding hydrogens is 324 g/mol. The monoisotopic (exact) mass is 338 g/mol. The lowest BCUT2D eigenvalue weighted by atomic mass is 10.1. The molecule has 0 fully saturated rings. The molecule has 0 aliphatic heterocycles. The highest BCUT2D eigenvalue weighted by atomic mass is 79.9. The molecule has 0 saturated carbocycles. The summed E-state index contributed by atoms with van der Waals surface area (Å²) in [5, 5.41) is 1.89. The lowest BCUT2D eigenvalue weighted by Crippen LogP contribution is -2.10. The van der Waals surface area contributed by atoms with Gasteiger partial charge in [0, 0.05) is 4.47 Å². The molecule has 1 aromatic carbocycles. The minimum absolute atomic E-state index is 0.000454. The molecule has 0 unspecified atom stereocenters. The first-order valence-electron chi connectivity index (χ1n) is 6.18. The zero-order valence-electron chi connectivity index (χ0n) is 10.7. The van der Waals surface area contributed by atoms with Crippen molar-refractivity contribution in [3.05, 3.63) is 50.6 Å². The molecule has 0 saturated heterocycles. The van der Waals surface area contributed by atoms with Gasteiger partial charge in [0.15, 0.2) is 6.61 Å². The summed E-state index contributed by atoms with van der Waals surface area (Å²) in [6.07, 6.45) is 2.20. The number of halogens is 1. The maximum absolute atomic E-state index is 11.9. The van der Waals surface area contributed by atoms with Crippen LogP contribution in [0.15, 0.2) is 40.2 Å². The average Bonchev–Trinajstić information content (AvgIpc) is 2.84. The molecule has 2 aromatic rings. The van der Waals surface area contributed by atoms with Gasteiger partial charge in [-0.3, -0.25) is 4.79 Å². The normalized spacial score (nSPS) is 10.4. The number of aryl methyl sites for hydroxylation is 1. The number of carbonyl (C=O) groups is 1. The molecule has 0 amide bonds. The molecule has 0 aliphatic rings. The Labute approximate surface area is 125 Å². The summed E-state index contributed by atoms with van der Waals surface area (Å²) < 4.78 is 6.35. The van der Waals surface area contributed by atoms with Crippen LogP contribution in [0, 0.1) is 0 Å². The molecule has 0 bridgehead atoms. The van der Waals surface area contributed by atoms with Crippen LogP contribution in [0.25, 0.3) is 0 Å². The van der Waals surface area contributed by atoms with Crippen molar-refractivity contribution in [3.8, 4) is 5.75 Å². The van der Waals surface area contributed by atoms with Crippen molar-refractivity contribution >= 4 is 33.0 Å². The van der Waals surface area contributed by atoms with Crippen LogP contribution in [-0.4, -0.2) is 12.4 Å². The number of hydrogen-bond donors (Lipinski definition) is 0. The van der Waals surface area contributed by atoms with E-state index in [4.69, 9.17) is 4.74 Å². The predicted molar refractivity (Wildman–Crippen MR) is 82.3 cm³/mol. The number of Topliss-reactive ketones (excluding diaryl/α,β-unsaturated/α-hetero) is 1. The summed E-state index contributed by atoms with van der Waals surface area (Å²) in [6.45, 7) is 2.23. The SMILES string of the molecule is CCCc1ccc(OCC(=O)c2sccc2Br)cc1. The van der Waals surface area contributed by atoms with E-state index < -0.39 is 0 Å². The Morgan fingerprint density at radius 2 is 2.00 bits per heavy atom. The number of rotatable bonds is 6. The third kappa shape index (κ3) is 3.91. The number of ether oxygens (including phenoxy) is 1. The first-order chi connectivity index (χ1) is 9.20. The largest absolute Gasteiger partial charge is 0.485 e. The minimum Gasteiger partial charge on any atom is -0.485 e. The Morgan fingerprint density at radius 3 is 2.58 bits per heavy atom. The maximum atomic E-state index is 11.9.